The first kappa shape index (κ1) is 12.4. The van der Waals surface area contributed by atoms with Crippen molar-refractivity contribution < 1.29 is 4.74 Å². The predicted octanol–water partition coefficient (Wildman–Crippen LogP) is 0.558. The van der Waals surface area contributed by atoms with E-state index in [2.05, 4.69) is 16.2 Å². The Morgan fingerprint density at radius 2 is 1.90 bits per heavy atom. The van der Waals surface area contributed by atoms with Crippen LogP contribution in [0.2, 0.25) is 0 Å². The van der Waals surface area contributed by atoms with Gasteiger partial charge in [0, 0.05) is 13.1 Å². The van der Waals surface area contributed by atoms with Gasteiger partial charge < -0.3 is 15.4 Å². The number of hydrogen-bond donors (Lipinski definition) is 1. The first-order valence-electron chi connectivity index (χ1n) is 6.34. The molecular formula is C13H14N6O. The zero-order valence-electron chi connectivity index (χ0n) is 10.9. The summed E-state index contributed by atoms with van der Waals surface area (Å²) < 4.78 is 6.88. The number of rotatable bonds is 2. The molecule has 0 spiro atoms. The Hall–Kier alpha value is -2.59. The van der Waals surface area contributed by atoms with Crippen molar-refractivity contribution in [3.63, 3.8) is 0 Å². The molecule has 1 aliphatic rings. The molecule has 0 amide bonds. The minimum atomic E-state index is 0.330. The summed E-state index contributed by atoms with van der Waals surface area (Å²) in [4.78, 5) is 6.33. The number of aromatic nitrogens is 3. The molecule has 1 aromatic carbocycles. The Kier molecular flexibility index (Phi) is 3.23. The summed E-state index contributed by atoms with van der Waals surface area (Å²) in [6, 6.07) is 9.13. The molecule has 2 aromatic rings. The molecule has 0 saturated carbocycles. The standard InChI is InChI=1S/C13H14N6O/c14-9-10-1-3-11(4-2-10)19-12(15)16-13(17-19)18-5-7-20-8-6-18/h1-4H,5-8H2,(H2,15,16,17). The van der Waals surface area contributed by atoms with Gasteiger partial charge in [-0.05, 0) is 24.3 Å². The number of nitrogens with zero attached hydrogens (tertiary/aromatic N) is 5. The topological polar surface area (TPSA) is 93.0 Å². The van der Waals surface area contributed by atoms with Crippen LogP contribution >= 0.6 is 0 Å². The Labute approximate surface area is 116 Å². The van der Waals surface area contributed by atoms with Gasteiger partial charge in [0.2, 0.25) is 11.9 Å². The van der Waals surface area contributed by atoms with Gasteiger partial charge in [0.1, 0.15) is 0 Å². The van der Waals surface area contributed by atoms with Crippen LogP contribution in [0.4, 0.5) is 11.9 Å². The highest BCUT2D eigenvalue weighted by Crippen LogP contribution is 2.17. The summed E-state index contributed by atoms with van der Waals surface area (Å²) in [6.07, 6.45) is 0. The molecule has 7 heteroatoms. The van der Waals surface area contributed by atoms with E-state index >= 15 is 0 Å². The molecule has 0 unspecified atom stereocenters. The van der Waals surface area contributed by atoms with Crippen molar-refractivity contribution in [2.45, 2.75) is 0 Å². The minimum absolute atomic E-state index is 0.330. The van der Waals surface area contributed by atoms with E-state index in [0.717, 1.165) is 18.8 Å². The molecule has 1 aliphatic heterocycles. The van der Waals surface area contributed by atoms with E-state index < -0.39 is 0 Å². The number of ether oxygens (including phenoxy) is 1. The van der Waals surface area contributed by atoms with E-state index in [1.807, 2.05) is 4.90 Å². The third kappa shape index (κ3) is 2.29. The summed E-state index contributed by atoms with van der Waals surface area (Å²) in [7, 11) is 0. The number of nitriles is 1. The molecule has 0 atom stereocenters. The second kappa shape index (κ2) is 5.19. The molecular weight excluding hydrogens is 256 g/mol. The Balaban J connectivity index is 1.89. The van der Waals surface area contributed by atoms with Gasteiger partial charge in [-0.15, -0.1) is 5.10 Å². The van der Waals surface area contributed by atoms with Crippen LogP contribution in [0, 0.1) is 11.3 Å². The fourth-order valence-electron chi connectivity index (χ4n) is 2.08. The summed E-state index contributed by atoms with van der Waals surface area (Å²) in [6.45, 7) is 2.87. The molecule has 7 nitrogen and oxygen atoms in total. The SMILES string of the molecule is N#Cc1ccc(-n2nc(N3CCOCC3)nc2N)cc1. The number of nitrogen functional groups attached to an aromatic ring is 1. The van der Waals surface area contributed by atoms with Gasteiger partial charge in [-0.25, -0.2) is 0 Å². The summed E-state index contributed by atoms with van der Waals surface area (Å²) in [5.74, 6) is 0.936. The summed E-state index contributed by atoms with van der Waals surface area (Å²) >= 11 is 0. The van der Waals surface area contributed by atoms with Crippen molar-refractivity contribution in [1.29, 1.82) is 5.26 Å². The highest BCUT2D eigenvalue weighted by Gasteiger charge is 2.17. The molecule has 2 heterocycles. The van der Waals surface area contributed by atoms with Crippen LogP contribution in [0.3, 0.4) is 0 Å². The van der Waals surface area contributed by atoms with E-state index in [-0.39, 0.29) is 0 Å². The molecule has 102 valence electrons. The second-order valence-corrected chi connectivity index (χ2v) is 4.44. The van der Waals surface area contributed by atoms with E-state index in [1.54, 1.807) is 28.9 Å². The van der Waals surface area contributed by atoms with Crippen LogP contribution in [0.25, 0.3) is 5.69 Å². The molecule has 2 N–H and O–H groups in total. The molecule has 0 radical (unpaired) electrons. The van der Waals surface area contributed by atoms with E-state index in [4.69, 9.17) is 15.7 Å². The predicted molar refractivity (Wildman–Crippen MR) is 73.5 cm³/mol. The Bertz CT molecular complexity index is 636. The smallest absolute Gasteiger partial charge is 0.247 e. The van der Waals surface area contributed by atoms with Crippen LogP contribution in [0.15, 0.2) is 24.3 Å². The van der Waals surface area contributed by atoms with Gasteiger partial charge in [0.15, 0.2) is 0 Å². The van der Waals surface area contributed by atoms with E-state index in [0.29, 0.717) is 30.7 Å². The zero-order valence-corrected chi connectivity index (χ0v) is 10.9. The van der Waals surface area contributed by atoms with Crippen LogP contribution in [0.1, 0.15) is 5.56 Å². The first-order valence-corrected chi connectivity index (χ1v) is 6.34. The van der Waals surface area contributed by atoms with E-state index in [1.165, 1.54) is 0 Å². The van der Waals surface area contributed by atoms with Crippen molar-refractivity contribution in [3.8, 4) is 11.8 Å². The third-order valence-corrected chi connectivity index (χ3v) is 3.16. The van der Waals surface area contributed by atoms with Gasteiger partial charge in [0.25, 0.3) is 0 Å². The van der Waals surface area contributed by atoms with Crippen LogP contribution in [0.5, 0.6) is 0 Å². The lowest BCUT2D eigenvalue weighted by Crippen LogP contribution is -2.37. The maximum absolute atomic E-state index is 8.80. The monoisotopic (exact) mass is 270 g/mol. The molecule has 3 rings (SSSR count). The average molecular weight is 270 g/mol. The van der Waals surface area contributed by atoms with Crippen LogP contribution in [-0.4, -0.2) is 41.1 Å². The van der Waals surface area contributed by atoms with E-state index in [9.17, 15) is 0 Å². The molecule has 1 saturated heterocycles. The third-order valence-electron chi connectivity index (χ3n) is 3.16. The van der Waals surface area contributed by atoms with Crippen LogP contribution in [-0.2, 0) is 4.74 Å². The number of anilines is 2. The van der Waals surface area contributed by atoms with Gasteiger partial charge in [-0.1, -0.05) is 0 Å². The zero-order chi connectivity index (χ0) is 13.9. The molecule has 0 bridgehead atoms. The van der Waals surface area contributed by atoms with Crippen molar-refractivity contribution in [3.05, 3.63) is 29.8 Å². The lowest BCUT2D eigenvalue weighted by atomic mass is 10.2. The second-order valence-electron chi connectivity index (χ2n) is 4.44. The molecule has 20 heavy (non-hydrogen) atoms. The highest BCUT2D eigenvalue weighted by atomic mass is 16.5. The fourth-order valence-corrected chi connectivity index (χ4v) is 2.08. The Morgan fingerprint density at radius 1 is 1.20 bits per heavy atom. The van der Waals surface area contributed by atoms with Crippen molar-refractivity contribution in [2.24, 2.45) is 0 Å². The first-order chi connectivity index (χ1) is 9.78. The maximum atomic E-state index is 8.80. The normalized spacial score (nSPS) is 15.1. The van der Waals surface area contributed by atoms with Crippen molar-refractivity contribution in [2.75, 3.05) is 36.9 Å². The minimum Gasteiger partial charge on any atom is -0.378 e. The van der Waals surface area contributed by atoms with Gasteiger partial charge >= 0.3 is 0 Å². The van der Waals surface area contributed by atoms with Gasteiger partial charge in [0.05, 0.1) is 30.5 Å². The quantitative estimate of drug-likeness (QED) is 0.857. The van der Waals surface area contributed by atoms with Crippen LogP contribution < -0.4 is 10.6 Å². The number of benzene rings is 1. The largest absolute Gasteiger partial charge is 0.378 e. The number of nitrogens with two attached hydrogens (primary N) is 1. The Morgan fingerprint density at radius 3 is 2.55 bits per heavy atom. The molecule has 1 fully saturated rings. The summed E-state index contributed by atoms with van der Waals surface area (Å²) in [5.41, 5.74) is 7.30. The molecule has 0 aliphatic carbocycles. The van der Waals surface area contributed by atoms with Gasteiger partial charge in [-0.2, -0.15) is 14.9 Å². The average Bonchev–Trinajstić information content (AvgIpc) is 2.90. The maximum Gasteiger partial charge on any atom is 0.247 e. The lowest BCUT2D eigenvalue weighted by Gasteiger charge is -2.25. The molecule has 1 aromatic heterocycles. The summed E-state index contributed by atoms with van der Waals surface area (Å²) in [5, 5.41) is 13.2. The lowest BCUT2D eigenvalue weighted by molar-refractivity contribution is 0.122. The number of hydrogen-bond acceptors (Lipinski definition) is 6. The van der Waals surface area contributed by atoms with Crippen molar-refractivity contribution >= 4 is 11.9 Å². The van der Waals surface area contributed by atoms with Gasteiger partial charge in [-0.3, -0.25) is 0 Å². The highest BCUT2D eigenvalue weighted by molar-refractivity contribution is 5.45. The fraction of sp³-hybridized carbons (Fsp3) is 0.308. The van der Waals surface area contributed by atoms with Crippen molar-refractivity contribution in [1.82, 2.24) is 14.8 Å². The number of morpholine rings is 1.